The van der Waals surface area contributed by atoms with Crippen LogP contribution in [0.5, 0.6) is 5.75 Å². The van der Waals surface area contributed by atoms with E-state index in [0.717, 1.165) is 28.2 Å². The second-order valence-electron chi connectivity index (χ2n) is 3.84. The maximum absolute atomic E-state index is 13.3. The summed E-state index contributed by atoms with van der Waals surface area (Å²) in [5, 5.41) is 2.02. The highest BCUT2D eigenvalue weighted by Crippen LogP contribution is 2.39. The first-order valence-corrected chi connectivity index (χ1v) is 6.19. The van der Waals surface area contributed by atoms with E-state index in [9.17, 15) is 4.39 Å². The number of fused-ring (bicyclic) bond motifs is 1. The number of alkyl halides is 1. The van der Waals surface area contributed by atoms with Crippen LogP contribution in [-0.2, 0) is 6.42 Å². The summed E-state index contributed by atoms with van der Waals surface area (Å²) in [5.41, 5.74) is 2.12. The first-order chi connectivity index (χ1) is 7.84. The highest BCUT2D eigenvalue weighted by atomic mass is 32.1. The van der Waals surface area contributed by atoms with Gasteiger partial charge in [-0.25, -0.2) is 4.39 Å². The molecule has 0 bridgehead atoms. The number of aryl methyl sites for hydroxylation is 1. The summed E-state index contributed by atoms with van der Waals surface area (Å²) in [5.74, 6) is 0.726. The molecule has 3 rings (SSSR count). The molecule has 0 spiro atoms. The minimum absolute atomic E-state index is 0.459. The van der Waals surface area contributed by atoms with Crippen molar-refractivity contribution in [2.45, 2.75) is 19.2 Å². The van der Waals surface area contributed by atoms with Crippen molar-refractivity contribution in [2.24, 2.45) is 0 Å². The van der Waals surface area contributed by atoms with Gasteiger partial charge in [-0.1, -0.05) is 18.2 Å². The molecule has 1 unspecified atom stereocenters. The summed E-state index contributed by atoms with van der Waals surface area (Å²) >= 11 is 1.65. The number of ether oxygens (including phenoxy) is 1. The lowest BCUT2D eigenvalue weighted by Crippen LogP contribution is -2.17. The molecule has 0 amide bonds. The molecule has 0 saturated heterocycles. The summed E-state index contributed by atoms with van der Waals surface area (Å²) < 4.78 is 18.6. The van der Waals surface area contributed by atoms with E-state index in [2.05, 4.69) is 0 Å². The lowest BCUT2D eigenvalue weighted by molar-refractivity contribution is 0.0483. The molecular weight excluding hydrogens is 223 g/mol. The zero-order valence-corrected chi connectivity index (χ0v) is 9.47. The monoisotopic (exact) mass is 234 g/mol. The zero-order valence-electron chi connectivity index (χ0n) is 8.65. The Hall–Kier alpha value is -1.35. The summed E-state index contributed by atoms with van der Waals surface area (Å²) in [7, 11) is 0. The van der Waals surface area contributed by atoms with Crippen molar-refractivity contribution in [1.82, 2.24) is 0 Å². The molecule has 3 heteroatoms. The average Bonchev–Trinajstić information content (AvgIpc) is 2.81. The maximum Gasteiger partial charge on any atom is 0.238 e. The van der Waals surface area contributed by atoms with Gasteiger partial charge in [0.2, 0.25) is 6.36 Å². The number of halogens is 1. The lowest BCUT2D eigenvalue weighted by atomic mass is 10.0. The Kier molecular flexibility index (Phi) is 2.40. The second-order valence-corrected chi connectivity index (χ2v) is 4.79. The van der Waals surface area contributed by atoms with Crippen LogP contribution in [0.1, 0.15) is 12.0 Å². The van der Waals surface area contributed by atoms with E-state index in [4.69, 9.17) is 4.74 Å². The quantitative estimate of drug-likeness (QED) is 0.723. The third kappa shape index (κ3) is 1.61. The van der Waals surface area contributed by atoms with Crippen molar-refractivity contribution in [3.05, 3.63) is 41.3 Å². The van der Waals surface area contributed by atoms with Crippen LogP contribution in [0.3, 0.4) is 0 Å². The molecule has 1 aliphatic heterocycles. The number of rotatable bonds is 1. The Morgan fingerprint density at radius 2 is 2.19 bits per heavy atom. The molecule has 1 aromatic carbocycles. The van der Waals surface area contributed by atoms with E-state index in [-0.39, 0.29) is 0 Å². The number of hydrogen-bond acceptors (Lipinski definition) is 2. The Balaban J connectivity index is 2.13. The van der Waals surface area contributed by atoms with Gasteiger partial charge in [0.25, 0.3) is 0 Å². The molecule has 1 nitrogen and oxygen atoms in total. The minimum atomic E-state index is -1.16. The van der Waals surface area contributed by atoms with Crippen LogP contribution in [0.4, 0.5) is 4.39 Å². The van der Waals surface area contributed by atoms with Crippen LogP contribution >= 0.6 is 11.3 Å². The predicted octanol–water partition coefficient (Wildman–Crippen LogP) is 4.04. The Morgan fingerprint density at radius 3 is 3.00 bits per heavy atom. The third-order valence-corrected chi connectivity index (χ3v) is 3.67. The molecule has 0 N–H and O–H groups in total. The molecular formula is C13H11FOS. The first-order valence-electron chi connectivity index (χ1n) is 5.31. The molecule has 0 saturated carbocycles. The van der Waals surface area contributed by atoms with E-state index in [1.807, 2.05) is 35.7 Å². The van der Waals surface area contributed by atoms with Gasteiger partial charge in [0.15, 0.2) is 0 Å². The van der Waals surface area contributed by atoms with Crippen LogP contribution in [0.2, 0.25) is 0 Å². The van der Waals surface area contributed by atoms with Gasteiger partial charge >= 0.3 is 0 Å². The van der Waals surface area contributed by atoms with Gasteiger partial charge in [-0.3, -0.25) is 0 Å². The van der Waals surface area contributed by atoms with Gasteiger partial charge in [0.05, 0.1) is 0 Å². The van der Waals surface area contributed by atoms with Crippen molar-refractivity contribution in [2.75, 3.05) is 0 Å². The van der Waals surface area contributed by atoms with Crippen molar-refractivity contribution < 1.29 is 9.13 Å². The number of hydrogen-bond donors (Lipinski definition) is 0. The Labute approximate surface area is 97.5 Å². The Morgan fingerprint density at radius 1 is 1.25 bits per heavy atom. The van der Waals surface area contributed by atoms with Gasteiger partial charge in [-0.05, 0) is 29.5 Å². The normalized spacial score (nSPS) is 18.9. The zero-order chi connectivity index (χ0) is 11.0. The standard InChI is InChI=1S/C13H11FOS/c14-12-7-6-9-3-1-4-10(13(9)15-12)11-5-2-8-16-11/h1-5,8,12H,6-7H2. The fourth-order valence-electron chi connectivity index (χ4n) is 2.00. The largest absolute Gasteiger partial charge is 0.459 e. The lowest BCUT2D eigenvalue weighted by Gasteiger charge is -2.22. The maximum atomic E-state index is 13.3. The van der Waals surface area contributed by atoms with Crippen molar-refractivity contribution in [3.63, 3.8) is 0 Å². The molecule has 1 atom stereocenters. The summed E-state index contributed by atoms with van der Waals surface area (Å²) in [4.78, 5) is 1.13. The Bertz CT molecular complexity index is 493. The third-order valence-electron chi connectivity index (χ3n) is 2.77. The molecule has 16 heavy (non-hydrogen) atoms. The second kappa shape index (κ2) is 3.91. The molecule has 1 aromatic heterocycles. The summed E-state index contributed by atoms with van der Waals surface area (Å²) in [6.07, 6.45) is 0.0602. The van der Waals surface area contributed by atoms with E-state index >= 15 is 0 Å². The minimum Gasteiger partial charge on any atom is -0.459 e. The van der Waals surface area contributed by atoms with E-state index < -0.39 is 6.36 Å². The molecule has 2 heterocycles. The fraction of sp³-hybridized carbons (Fsp3) is 0.231. The van der Waals surface area contributed by atoms with Crippen molar-refractivity contribution in [1.29, 1.82) is 0 Å². The molecule has 82 valence electrons. The van der Waals surface area contributed by atoms with E-state index in [1.165, 1.54) is 0 Å². The molecule has 0 radical (unpaired) electrons. The summed E-state index contributed by atoms with van der Waals surface area (Å²) in [6, 6.07) is 10.0. The van der Waals surface area contributed by atoms with Crippen molar-refractivity contribution in [3.8, 4) is 16.2 Å². The van der Waals surface area contributed by atoms with E-state index in [0.29, 0.717) is 6.42 Å². The average molecular weight is 234 g/mol. The van der Waals surface area contributed by atoms with E-state index in [1.54, 1.807) is 11.3 Å². The molecule has 1 aliphatic rings. The van der Waals surface area contributed by atoms with Crippen molar-refractivity contribution >= 4 is 11.3 Å². The highest BCUT2D eigenvalue weighted by Gasteiger charge is 2.21. The van der Waals surface area contributed by atoms with Crippen LogP contribution < -0.4 is 4.74 Å². The van der Waals surface area contributed by atoms with Gasteiger partial charge in [0.1, 0.15) is 5.75 Å². The van der Waals surface area contributed by atoms with Crippen LogP contribution in [-0.4, -0.2) is 6.36 Å². The fourth-order valence-corrected chi connectivity index (χ4v) is 2.75. The molecule has 2 aromatic rings. The van der Waals surface area contributed by atoms with Crippen LogP contribution in [0, 0.1) is 0 Å². The summed E-state index contributed by atoms with van der Waals surface area (Å²) in [6.45, 7) is 0. The van der Waals surface area contributed by atoms with Gasteiger partial charge in [-0.15, -0.1) is 11.3 Å². The number of benzene rings is 1. The predicted molar refractivity (Wildman–Crippen MR) is 63.6 cm³/mol. The topological polar surface area (TPSA) is 9.23 Å². The van der Waals surface area contributed by atoms with Crippen LogP contribution in [0.15, 0.2) is 35.7 Å². The molecule has 0 aliphatic carbocycles. The van der Waals surface area contributed by atoms with Gasteiger partial charge in [0, 0.05) is 16.9 Å². The number of thiophene rings is 1. The highest BCUT2D eigenvalue weighted by molar-refractivity contribution is 7.13. The SMILES string of the molecule is FC1CCc2cccc(-c3cccs3)c2O1. The van der Waals surface area contributed by atoms with Gasteiger partial charge < -0.3 is 4.74 Å². The van der Waals surface area contributed by atoms with Gasteiger partial charge in [-0.2, -0.15) is 0 Å². The number of para-hydroxylation sites is 1. The van der Waals surface area contributed by atoms with Crippen LogP contribution in [0.25, 0.3) is 10.4 Å². The smallest absolute Gasteiger partial charge is 0.238 e. The first kappa shape index (κ1) is 9.85. The molecule has 0 fully saturated rings.